The Kier molecular flexibility index (Phi) is 5.81. The molecule has 1 aromatic rings. The van der Waals surface area contributed by atoms with Crippen molar-refractivity contribution in [2.24, 2.45) is 0 Å². The fourth-order valence-electron chi connectivity index (χ4n) is 1.93. The molecule has 1 heterocycles. The van der Waals surface area contributed by atoms with E-state index >= 15 is 0 Å². The summed E-state index contributed by atoms with van der Waals surface area (Å²) in [5.41, 5.74) is -1.12. The molecule has 0 spiro atoms. The second-order valence-corrected chi connectivity index (χ2v) is 7.28. The van der Waals surface area contributed by atoms with Gasteiger partial charge in [-0.2, -0.15) is 0 Å². The van der Waals surface area contributed by atoms with Crippen molar-refractivity contribution in [2.75, 3.05) is 7.11 Å². The minimum atomic E-state index is -0.758. The van der Waals surface area contributed by atoms with Crippen molar-refractivity contribution in [3.05, 3.63) is 23.5 Å². The predicted molar refractivity (Wildman–Crippen MR) is 87.0 cm³/mol. The topological polar surface area (TPSA) is 83.8 Å². The van der Waals surface area contributed by atoms with Crippen LogP contribution in [0.5, 0.6) is 0 Å². The number of carbonyl (C=O) groups excluding carboxylic acids is 3. The first-order valence-corrected chi connectivity index (χ1v) is 7.58. The Morgan fingerprint density at radius 2 is 1.50 bits per heavy atom. The van der Waals surface area contributed by atoms with Gasteiger partial charge >= 0.3 is 18.0 Å². The smallest absolute Gasteiger partial charge is 0.419 e. The van der Waals surface area contributed by atoms with Gasteiger partial charge in [-0.3, -0.25) is 4.79 Å². The summed E-state index contributed by atoms with van der Waals surface area (Å²) in [6.07, 6.45) is -0.931. The fraction of sp³-hybridized carbons (Fsp3) is 0.588. The zero-order valence-electron chi connectivity index (χ0n) is 15.3. The summed E-state index contributed by atoms with van der Waals surface area (Å²) in [6.45, 7) is 10.4. The Hall–Kier alpha value is -2.31. The van der Waals surface area contributed by atoms with Crippen LogP contribution in [0, 0.1) is 0 Å². The van der Waals surface area contributed by atoms with Crippen LogP contribution in [0.15, 0.2) is 12.1 Å². The SMILES string of the molecule is COC(=O)c1ccc(CC(=O)OC(C)(C)C)n1C(=O)OC(C)(C)C. The van der Waals surface area contributed by atoms with Crippen LogP contribution in [0.1, 0.15) is 57.7 Å². The molecule has 0 saturated carbocycles. The van der Waals surface area contributed by atoms with Crippen LogP contribution in [0.3, 0.4) is 0 Å². The van der Waals surface area contributed by atoms with E-state index in [4.69, 9.17) is 9.47 Å². The highest BCUT2D eigenvalue weighted by atomic mass is 16.6. The fourth-order valence-corrected chi connectivity index (χ4v) is 1.93. The second-order valence-electron chi connectivity index (χ2n) is 7.28. The van der Waals surface area contributed by atoms with E-state index in [2.05, 4.69) is 4.74 Å². The van der Waals surface area contributed by atoms with Crippen LogP contribution >= 0.6 is 0 Å². The zero-order chi connectivity index (χ0) is 18.7. The van der Waals surface area contributed by atoms with Crippen LogP contribution in [0.4, 0.5) is 4.79 Å². The quantitative estimate of drug-likeness (QED) is 0.622. The Balaban J connectivity index is 3.17. The summed E-state index contributed by atoms with van der Waals surface area (Å²) in [4.78, 5) is 36.3. The minimum Gasteiger partial charge on any atom is -0.464 e. The maximum atomic E-state index is 12.4. The number of ether oxygens (including phenoxy) is 3. The highest BCUT2D eigenvalue weighted by molar-refractivity contribution is 5.93. The highest BCUT2D eigenvalue weighted by Gasteiger charge is 2.27. The number of esters is 2. The molecule has 0 bridgehead atoms. The molecular weight excluding hydrogens is 314 g/mol. The number of methoxy groups -OCH3 is 1. The molecule has 1 rings (SSSR count). The Labute approximate surface area is 141 Å². The van der Waals surface area contributed by atoms with Crippen LogP contribution in [-0.2, 0) is 25.4 Å². The van der Waals surface area contributed by atoms with Gasteiger partial charge in [-0.25, -0.2) is 14.2 Å². The molecule has 134 valence electrons. The summed E-state index contributed by atoms with van der Waals surface area (Å²) in [5, 5.41) is 0. The van der Waals surface area contributed by atoms with Crippen LogP contribution in [0.2, 0.25) is 0 Å². The molecule has 0 aliphatic rings. The Morgan fingerprint density at radius 1 is 0.958 bits per heavy atom. The first-order chi connectivity index (χ1) is 10.8. The second kappa shape index (κ2) is 7.07. The summed E-state index contributed by atoms with van der Waals surface area (Å²) in [7, 11) is 1.21. The van der Waals surface area contributed by atoms with Gasteiger partial charge < -0.3 is 14.2 Å². The van der Waals surface area contributed by atoms with Gasteiger partial charge in [0.1, 0.15) is 16.9 Å². The van der Waals surface area contributed by atoms with Crippen molar-refractivity contribution in [3.63, 3.8) is 0 Å². The molecule has 0 aromatic carbocycles. The maximum absolute atomic E-state index is 12.4. The number of carbonyl (C=O) groups is 3. The van der Waals surface area contributed by atoms with Gasteiger partial charge in [0.05, 0.1) is 13.5 Å². The molecular formula is C17H25NO6. The lowest BCUT2D eigenvalue weighted by molar-refractivity contribution is -0.154. The number of hydrogen-bond acceptors (Lipinski definition) is 6. The van der Waals surface area contributed by atoms with Crippen molar-refractivity contribution < 1.29 is 28.6 Å². The molecule has 0 radical (unpaired) electrons. The van der Waals surface area contributed by atoms with E-state index in [9.17, 15) is 14.4 Å². The van der Waals surface area contributed by atoms with Crippen LogP contribution in [0.25, 0.3) is 0 Å². The van der Waals surface area contributed by atoms with E-state index in [1.165, 1.54) is 19.2 Å². The summed E-state index contributed by atoms with van der Waals surface area (Å²) in [5.74, 6) is -1.21. The van der Waals surface area contributed by atoms with Gasteiger partial charge in [0.15, 0.2) is 0 Å². The number of rotatable bonds is 3. The molecule has 0 unspecified atom stereocenters. The average molecular weight is 339 g/mol. The molecule has 1 aromatic heterocycles. The third kappa shape index (κ3) is 5.72. The maximum Gasteiger partial charge on any atom is 0.419 e. The molecule has 0 saturated heterocycles. The van der Waals surface area contributed by atoms with E-state index in [1.54, 1.807) is 41.5 Å². The van der Waals surface area contributed by atoms with Crippen molar-refractivity contribution in [1.82, 2.24) is 4.57 Å². The van der Waals surface area contributed by atoms with E-state index in [0.29, 0.717) is 5.69 Å². The van der Waals surface area contributed by atoms with Crippen molar-refractivity contribution in [2.45, 2.75) is 59.2 Å². The van der Waals surface area contributed by atoms with Crippen molar-refractivity contribution in [1.29, 1.82) is 0 Å². The first-order valence-electron chi connectivity index (χ1n) is 7.58. The number of nitrogens with zero attached hydrogens (tertiary/aromatic N) is 1. The molecule has 24 heavy (non-hydrogen) atoms. The van der Waals surface area contributed by atoms with Gasteiger partial charge in [-0.05, 0) is 53.7 Å². The number of hydrogen-bond donors (Lipinski definition) is 0. The lowest BCUT2D eigenvalue weighted by Crippen LogP contribution is -2.31. The third-order valence-corrected chi connectivity index (χ3v) is 2.68. The molecule has 0 fully saturated rings. The Bertz CT molecular complexity index is 630. The van der Waals surface area contributed by atoms with Crippen molar-refractivity contribution >= 4 is 18.0 Å². The molecule has 7 heteroatoms. The Morgan fingerprint density at radius 3 is 1.96 bits per heavy atom. The molecule has 0 amide bonds. The zero-order valence-corrected chi connectivity index (χ0v) is 15.3. The highest BCUT2D eigenvalue weighted by Crippen LogP contribution is 2.17. The van der Waals surface area contributed by atoms with Gasteiger partial charge in [-0.1, -0.05) is 0 Å². The summed E-state index contributed by atoms with van der Waals surface area (Å²) >= 11 is 0. The largest absolute Gasteiger partial charge is 0.464 e. The average Bonchev–Trinajstić information content (AvgIpc) is 2.77. The lowest BCUT2D eigenvalue weighted by atomic mass is 10.2. The first kappa shape index (κ1) is 19.7. The van der Waals surface area contributed by atoms with Crippen LogP contribution in [-0.4, -0.2) is 40.9 Å². The van der Waals surface area contributed by atoms with Gasteiger partial charge in [-0.15, -0.1) is 0 Å². The van der Waals surface area contributed by atoms with Crippen molar-refractivity contribution in [3.8, 4) is 0 Å². The van der Waals surface area contributed by atoms with Gasteiger partial charge in [0.25, 0.3) is 0 Å². The molecule has 0 aliphatic carbocycles. The van der Waals surface area contributed by atoms with E-state index in [-0.39, 0.29) is 12.1 Å². The standard InChI is InChI=1S/C17H25NO6/c1-16(2,3)23-13(19)10-11-8-9-12(14(20)22-7)18(11)15(21)24-17(4,5)6/h8-9H,10H2,1-7H3. The molecule has 0 atom stereocenters. The van der Waals surface area contributed by atoms with Gasteiger partial charge in [0.2, 0.25) is 0 Å². The molecule has 0 N–H and O–H groups in total. The van der Waals surface area contributed by atoms with E-state index in [0.717, 1.165) is 4.57 Å². The van der Waals surface area contributed by atoms with E-state index in [1.807, 2.05) is 0 Å². The third-order valence-electron chi connectivity index (χ3n) is 2.68. The van der Waals surface area contributed by atoms with Crippen LogP contribution < -0.4 is 0 Å². The normalized spacial score (nSPS) is 11.8. The lowest BCUT2D eigenvalue weighted by Gasteiger charge is -2.22. The predicted octanol–water partition coefficient (Wildman–Crippen LogP) is 2.94. The minimum absolute atomic E-state index is 0.00897. The summed E-state index contributed by atoms with van der Waals surface area (Å²) < 4.78 is 16.3. The van der Waals surface area contributed by atoms with Gasteiger partial charge in [0, 0.05) is 5.69 Å². The number of aromatic nitrogens is 1. The summed E-state index contributed by atoms with van der Waals surface area (Å²) in [6, 6.07) is 2.91. The van der Waals surface area contributed by atoms with E-state index < -0.39 is 29.2 Å². The molecule has 0 aliphatic heterocycles. The monoisotopic (exact) mass is 339 g/mol. The molecule has 7 nitrogen and oxygen atoms in total.